The van der Waals surface area contributed by atoms with Gasteiger partial charge in [-0.15, -0.1) is 0 Å². The molecule has 1 saturated heterocycles. The number of nitrogens with zero attached hydrogens (tertiary/aromatic N) is 1. The van der Waals surface area contributed by atoms with E-state index in [1.807, 2.05) is 26.0 Å². The van der Waals surface area contributed by atoms with Crippen molar-refractivity contribution in [2.24, 2.45) is 5.92 Å². The van der Waals surface area contributed by atoms with Crippen LogP contribution in [0.5, 0.6) is 11.5 Å². The van der Waals surface area contributed by atoms with Crippen LogP contribution in [0.25, 0.3) is 0 Å². The van der Waals surface area contributed by atoms with Gasteiger partial charge in [-0.1, -0.05) is 23.8 Å². The minimum Gasteiger partial charge on any atom is -0.493 e. The van der Waals surface area contributed by atoms with Crippen molar-refractivity contribution in [1.82, 2.24) is 9.62 Å². The smallest absolute Gasteiger partial charge is 0.243 e. The third-order valence-electron chi connectivity index (χ3n) is 5.68. The molecule has 1 N–H and O–H groups in total. The molecule has 7 nitrogen and oxygen atoms in total. The lowest BCUT2D eigenvalue weighted by Gasteiger charge is -2.32. The van der Waals surface area contributed by atoms with Crippen molar-refractivity contribution in [3.63, 3.8) is 0 Å². The van der Waals surface area contributed by atoms with E-state index in [0.717, 1.165) is 11.1 Å². The number of hydrogen-bond acceptors (Lipinski definition) is 5. The molecule has 0 bridgehead atoms. The molecule has 1 aliphatic rings. The van der Waals surface area contributed by atoms with Crippen LogP contribution in [0.15, 0.2) is 47.4 Å². The highest BCUT2D eigenvalue weighted by Crippen LogP contribution is 2.30. The number of sulfonamides is 1. The molecule has 1 fully saturated rings. The number of amides is 1. The van der Waals surface area contributed by atoms with Gasteiger partial charge in [-0.2, -0.15) is 4.31 Å². The third-order valence-corrected chi connectivity index (χ3v) is 7.56. The molecule has 2 atom stereocenters. The monoisotopic (exact) mass is 446 g/mol. The normalized spacial score (nSPS) is 18.3. The van der Waals surface area contributed by atoms with E-state index >= 15 is 0 Å². The Morgan fingerprint density at radius 1 is 1.10 bits per heavy atom. The van der Waals surface area contributed by atoms with Gasteiger partial charge < -0.3 is 14.8 Å². The van der Waals surface area contributed by atoms with Crippen molar-refractivity contribution >= 4 is 15.9 Å². The summed E-state index contributed by atoms with van der Waals surface area (Å²) in [4.78, 5) is 13.2. The molecule has 31 heavy (non-hydrogen) atoms. The molecular weight excluding hydrogens is 416 g/mol. The molecule has 2 unspecified atom stereocenters. The van der Waals surface area contributed by atoms with Crippen LogP contribution in [0.4, 0.5) is 0 Å². The van der Waals surface area contributed by atoms with E-state index in [0.29, 0.717) is 30.9 Å². The molecular formula is C23H30N2O5S. The highest BCUT2D eigenvalue weighted by Gasteiger charge is 2.33. The van der Waals surface area contributed by atoms with Crippen molar-refractivity contribution in [2.75, 3.05) is 27.3 Å². The number of carbonyl (C=O) groups is 1. The maximum Gasteiger partial charge on any atom is 0.243 e. The highest BCUT2D eigenvalue weighted by molar-refractivity contribution is 7.89. The van der Waals surface area contributed by atoms with Gasteiger partial charge in [0.15, 0.2) is 11.5 Å². The summed E-state index contributed by atoms with van der Waals surface area (Å²) < 4.78 is 38.0. The molecule has 2 aromatic carbocycles. The first kappa shape index (κ1) is 23.1. The van der Waals surface area contributed by atoms with Gasteiger partial charge in [0.2, 0.25) is 15.9 Å². The first-order chi connectivity index (χ1) is 14.8. The lowest BCUT2D eigenvalue weighted by Crippen LogP contribution is -2.45. The van der Waals surface area contributed by atoms with Crippen molar-refractivity contribution in [3.05, 3.63) is 53.6 Å². The Morgan fingerprint density at radius 3 is 2.42 bits per heavy atom. The number of rotatable bonds is 7. The van der Waals surface area contributed by atoms with Gasteiger partial charge in [0.05, 0.1) is 31.1 Å². The summed E-state index contributed by atoms with van der Waals surface area (Å²) in [6, 6.07) is 12.1. The van der Waals surface area contributed by atoms with E-state index in [4.69, 9.17) is 9.47 Å². The summed E-state index contributed by atoms with van der Waals surface area (Å²) in [7, 11) is -0.483. The van der Waals surface area contributed by atoms with E-state index in [9.17, 15) is 13.2 Å². The van der Waals surface area contributed by atoms with Gasteiger partial charge in [-0.25, -0.2) is 8.42 Å². The summed E-state index contributed by atoms with van der Waals surface area (Å²) in [5, 5.41) is 3.02. The SMILES string of the molecule is COc1ccc(C(C)NC(=O)C2CCCN(S(=O)(=O)c3ccc(C)cc3)C2)cc1OC. The topological polar surface area (TPSA) is 84.9 Å². The quantitative estimate of drug-likeness (QED) is 0.706. The summed E-state index contributed by atoms with van der Waals surface area (Å²) in [6.45, 7) is 4.41. The van der Waals surface area contributed by atoms with Crippen LogP contribution >= 0.6 is 0 Å². The minimum atomic E-state index is -3.62. The van der Waals surface area contributed by atoms with Crippen molar-refractivity contribution in [1.29, 1.82) is 0 Å². The number of hydrogen-bond donors (Lipinski definition) is 1. The molecule has 0 aliphatic carbocycles. The van der Waals surface area contributed by atoms with E-state index in [1.165, 1.54) is 4.31 Å². The van der Waals surface area contributed by atoms with Crippen LogP contribution in [-0.2, 0) is 14.8 Å². The summed E-state index contributed by atoms with van der Waals surface area (Å²) in [5.74, 6) is 0.672. The third kappa shape index (κ3) is 5.19. The van der Waals surface area contributed by atoms with Crippen LogP contribution in [0.2, 0.25) is 0 Å². The Hall–Kier alpha value is -2.58. The fourth-order valence-electron chi connectivity index (χ4n) is 3.77. The maximum absolute atomic E-state index is 13.0. The zero-order valence-corrected chi connectivity index (χ0v) is 19.2. The molecule has 2 aromatic rings. The van der Waals surface area contributed by atoms with Crippen LogP contribution in [0.1, 0.15) is 36.9 Å². The molecule has 0 aromatic heterocycles. The fraction of sp³-hybridized carbons (Fsp3) is 0.435. The van der Waals surface area contributed by atoms with Crippen molar-refractivity contribution < 1.29 is 22.7 Å². The molecule has 8 heteroatoms. The summed E-state index contributed by atoms with van der Waals surface area (Å²) in [5.41, 5.74) is 1.88. The van der Waals surface area contributed by atoms with Gasteiger partial charge in [0.25, 0.3) is 0 Å². The van der Waals surface area contributed by atoms with E-state index in [-0.39, 0.29) is 23.4 Å². The molecule has 168 valence electrons. The molecule has 1 aliphatic heterocycles. The molecule has 0 spiro atoms. The predicted molar refractivity (Wildman–Crippen MR) is 119 cm³/mol. The zero-order chi connectivity index (χ0) is 22.6. The number of ether oxygens (including phenoxy) is 2. The van der Waals surface area contributed by atoms with E-state index in [1.54, 1.807) is 44.6 Å². The van der Waals surface area contributed by atoms with E-state index < -0.39 is 15.9 Å². The van der Waals surface area contributed by atoms with Crippen LogP contribution in [0, 0.1) is 12.8 Å². The molecule has 0 radical (unpaired) electrons. The lowest BCUT2D eigenvalue weighted by molar-refractivity contribution is -0.126. The molecule has 3 rings (SSSR count). The molecule has 0 saturated carbocycles. The number of piperidine rings is 1. The second kappa shape index (κ2) is 9.70. The van der Waals surface area contributed by atoms with Crippen LogP contribution < -0.4 is 14.8 Å². The zero-order valence-electron chi connectivity index (χ0n) is 18.4. The van der Waals surface area contributed by atoms with Gasteiger partial charge in [-0.05, 0) is 56.5 Å². The van der Waals surface area contributed by atoms with Crippen LogP contribution in [0.3, 0.4) is 0 Å². The first-order valence-corrected chi connectivity index (χ1v) is 11.8. The molecule has 1 heterocycles. The van der Waals surface area contributed by atoms with Gasteiger partial charge in [-0.3, -0.25) is 4.79 Å². The molecule has 1 amide bonds. The Morgan fingerprint density at radius 2 is 1.77 bits per heavy atom. The number of nitrogens with one attached hydrogen (secondary N) is 1. The van der Waals surface area contributed by atoms with Crippen LogP contribution in [-0.4, -0.2) is 45.9 Å². The van der Waals surface area contributed by atoms with Gasteiger partial charge in [0.1, 0.15) is 0 Å². The summed E-state index contributed by atoms with van der Waals surface area (Å²) >= 11 is 0. The highest BCUT2D eigenvalue weighted by atomic mass is 32.2. The van der Waals surface area contributed by atoms with Crippen molar-refractivity contribution in [2.45, 2.75) is 37.6 Å². The lowest BCUT2D eigenvalue weighted by atomic mass is 9.98. The van der Waals surface area contributed by atoms with Gasteiger partial charge >= 0.3 is 0 Å². The maximum atomic E-state index is 13.0. The van der Waals surface area contributed by atoms with E-state index in [2.05, 4.69) is 5.32 Å². The average molecular weight is 447 g/mol. The number of benzene rings is 2. The number of aryl methyl sites for hydroxylation is 1. The minimum absolute atomic E-state index is 0.147. The Labute approximate surface area is 184 Å². The Balaban J connectivity index is 1.69. The standard InChI is InChI=1S/C23H30N2O5S/c1-16-7-10-20(11-8-16)31(27,28)25-13-5-6-19(15-25)23(26)24-17(2)18-9-12-21(29-3)22(14-18)30-4/h7-12,14,17,19H,5-6,13,15H2,1-4H3,(H,24,26). The van der Waals surface area contributed by atoms with Crippen molar-refractivity contribution in [3.8, 4) is 11.5 Å². The largest absolute Gasteiger partial charge is 0.493 e. The fourth-order valence-corrected chi connectivity index (χ4v) is 5.29. The Kier molecular flexibility index (Phi) is 7.23. The summed E-state index contributed by atoms with van der Waals surface area (Å²) in [6.07, 6.45) is 1.30. The number of methoxy groups -OCH3 is 2. The average Bonchev–Trinajstić information content (AvgIpc) is 2.78. The van der Waals surface area contributed by atoms with Gasteiger partial charge in [0, 0.05) is 13.1 Å². The predicted octanol–water partition coefficient (Wildman–Crippen LogP) is 3.29. The second-order valence-electron chi connectivity index (χ2n) is 7.86. The number of carbonyl (C=O) groups excluding carboxylic acids is 1. The second-order valence-corrected chi connectivity index (χ2v) is 9.80. The first-order valence-electron chi connectivity index (χ1n) is 10.4. The Bertz CT molecular complexity index is 1020.